The van der Waals surface area contributed by atoms with Crippen LogP contribution >= 0.6 is 11.8 Å². The standard InChI is InChI=1S/C19H15NO2S/c1-19(2)9-10-23-17-8-4-13(11-16(17)19)3-6-15-7-5-14(12-20-15)18(21)22/h4-5,7-12H,1-2H3,(H,21,22). The first kappa shape index (κ1) is 15.4. The van der Waals surface area contributed by atoms with Crippen molar-refractivity contribution in [2.75, 3.05) is 0 Å². The molecule has 3 nitrogen and oxygen atoms in total. The fourth-order valence-electron chi connectivity index (χ4n) is 2.31. The van der Waals surface area contributed by atoms with E-state index in [4.69, 9.17) is 5.11 Å². The Morgan fingerprint density at radius 2 is 2.04 bits per heavy atom. The molecule has 1 aliphatic rings. The number of nitrogens with zero attached hydrogens (tertiary/aromatic N) is 1. The van der Waals surface area contributed by atoms with E-state index in [1.807, 2.05) is 6.07 Å². The summed E-state index contributed by atoms with van der Waals surface area (Å²) in [6, 6.07) is 9.34. The number of fused-ring (bicyclic) bond motifs is 1. The number of allylic oxidation sites excluding steroid dienone is 1. The van der Waals surface area contributed by atoms with Crippen LogP contribution < -0.4 is 0 Å². The van der Waals surface area contributed by atoms with Crippen molar-refractivity contribution >= 4 is 17.7 Å². The average molecular weight is 321 g/mol. The Morgan fingerprint density at radius 3 is 2.74 bits per heavy atom. The first-order chi connectivity index (χ1) is 11.0. The monoisotopic (exact) mass is 321 g/mol. The van der Waals surface area contributed by atoms with Crippen molar-refractivity contribution < 1.29 is 9.90 Å². The topological polar surface area (TPSA) is 50.2 Å². The van der Waals surface area contributed by atoms with E-state index in [0.717, 1.165) is 5.56 Å². The van der Waals surface area contributed by atoms with E-state index in [2.05, 4.69) is 54.3 Å². The molecule has 0 radical (unpaired) electrons. The Hall–Kier alpha value is -2.51. The zero-order chi connectivity index (χ0) is 16.4. The Kier molecular flexibility index (Phi) is 3.97. The third-order valence-corrected chi connectivity index (χ3v) is 4.58. The van der Waals surface area contributed by atoms with Crippen LogP contribution in [0.4, 0.5) is 0 Å². The van der Waals surface area contributed by atoms with Crippen LogP contribution in [0.25, 0.3) is 0 Å². The lowest BCUT2D eigenvalue weighted by molar-refractivity contribution is 0.0696. The Bertz CT molecular complexity index is 855. The molecule has 1 aliphatic heterocycles. The molecular weight excluding hydrogens is 306 g/mol. The summed E-state index contributed by atoms with van der Waals surface area (Å²) < 4.78 is 0. The minimum Gasteiger partial charge on any atom is -0.478 e. The van der Waals surface area contributed by atoms with Crippen LogP contribution in [-0.4, -0.2) is 16.1 Å². The van der Waals surface area contributed by atoms with Crippen LogP contribution in [0, 0.1) is 11.8 Å². The third kappa shape index (κ3) is 3.30. The highest BCUT2D eigenvalue weighted by molar-refractivity contribution is 8.02. The first-order valence-corrected chi connectivity index (χ1v) is 8.04. The highest BCUT2D eigenvalue weighted by Crippen LogP contribution is 2.39. The van der Waals surface area contributed by atoms with Gasteiger partial charge in [0.1, 0.15) is 5.69 Å². The van der Waals surface area contributed by atoms with Gasteiger partial charge in [0.05, 0.1) is 5.56 Å². The number of hydrogen-bond donors (Lipinski definition) is 1. The molecule has 23 heavy (non-hydrogen) atoms. The zero-order valence-electron chi connectivity index (χ0n) is 12.8. The van der Waals surface area contributed by atoms with E-state index >= 15 is 0 Å². The number of aromatic nitrogens is 1. The molecule has 114 valence electrons. The SMILES string of the molecule is CC1(C)C=CSc2ccc(C#Cc3ccc(C(=O)O)cn3)cc21. The molecule has 2 aromatic rings. The average Bonchev–Trinajstić information content (AvgIpc) is 2.53. The molecule has 1 aromatic carbocycles. The molecule has 1 aromatic heterocycles. The van der Waals surface area contributed by atoms with E-state index in [1.165, 1.54) is 22.7 Å². The molecule has 0 unspecified atom stereocenters. The number of benzene rings is 1. The lowest BCUT2D eigenvalue weighted by atomic mass is 9.84. The largest absolute Gasteiger partial charge is 0.478 e. The van der Waals surface area contributed by atoms with Crippen LogP contribution in [0.5, 0.6) is 0 Å². The quantitative estimate of drug-likeness (QED) is 0.804. The lowest BCUT2D eigenvalue weighted by Gasteiger charge is -2.27. The third-order valence-electron chi connectivity index (χ3n) is 3.70. The van der Waals surface area contributed by atoms with E-state index < -0.39 is 5.97 Å². The van der Waals surface area contributed by atoms with Crippen molar-refractivity contribution in [1.82, 2.24) is 4.98 Å². The van der Waals surface area contributed by atoms with Crippen LogP contribution in [-0.2, 0) is 5.41 Å². The Balaban J connectivity index is 1.89. The summed E-state index contributed by atoms with van der Waals surface area (Å²) in [5.74, 6) is 5.10. The molecule has 0 bridgehead atoms. The first-order valence-electron chi connectivity index (χ1n) is 7.16. The number of carboxylic acids is 1. The van der Waals surface area contributed by atoms with E-state index in [0.29, 0.717) is 5.69 Å². The van der Waals surface area contributed by atoms with Crippen LogP contribution in [0.2, 0.25) is 0 Å². The summed E-state index contributed by atoms with van der Waals surface area (Å²) >= 11 is 1.72. The minimum absolute atomic E-state index is 0.000338. The van der Waals surface area contributed by atoms with E-state index in [1.54, 1.807) is 17.8 Å². The fourth-order valence-corrected chi connectivity index (χ4v) is 3.46. The highest BCUT2D eigenvalue weighted by atomic mass is 32.2. The molecular formula is C19H15NO2S. The molecule has 1 N–H and O–H groups in total. The van der Waals surface area contributed by atoms with Crippen molar-refractivity contribution in [1.29, 1.82) is 0 Å². The number of hydrogen-bond acceptors (Lipinski definition) is 3. The maximum Gasteiger partial charge on any atom is 0.337 e. The number of pyridine rings is 1. The Morgan fingerprint density at radius 1 is 1.22 bits per heavy atom. The van der Waals surface area contributed by atoms with E-state index in [-0.39, 0.29) is 11.0 Å². The van der Waals surface area contributed by atoms with Gasteiger partial charge in [0.25, 0.3) is 0 Å². The molecule has 0 spiro atoms. The van der Waals surface area contributed by atoms with Gasteiger partial charge in [-0.3, -0.25) is 0 Å². The van der Waals surface area contributed by atoms with Crippen LogP contribution in [0.15, 0.2) is 52.9 Å². The zero-order valence-corrected chi connectivity index (χ0v) is 13.6. The molecule has 0 amide bonds. The fraction of sp³-hybridized carbons (Fsp3) is 0.158. The Labute approximate surface area is 139 Å². The van der Waals surface area contributed by atoms with Crippen molar-refractivity contribution in [3.63, 3.8) is 0 Å². The maximum absolute atomic E-state index is 10.8. The molecule has 0 fully saturated rings. The molecule has 2 heterocycles. The number of carboxylic acid groups (broad SMARTS) is 1. The second-order valence-corrected chi connectivity index (χ2v) is 6.79. The summed E-state index contributed by atoms with van der Waals surface area (Å²) in [6.07, 6.45) is 3.52. The summed E-state index contributed by atoms with van der Waals surface area (Å²) in [5.41, 5.74) is 2.92. The number of thioether (sulfide) groups is 1. The molecule has 0 saturated carbocycles. The number of rotatable bonds is 1. The van der Waals surface area contributed by atoms with Crippen LogP contribution in [0.1, 0.15) is 41.0 Å². The predicted octanol–water partition coefficient (Wildman–Crippen LogP) is 4.08. The van der Waals surface area contributed by atoms with Gasteiger partial charge in [-0.05, 0) is 47.2 Å². The van der Waals surface area contributed by atoms with Crippen molar-refractivity contribution in [2.45, 2.75) is 24.2 Å². The molecule has 3 rings (SSSR count). The van der Waals surface area contributed by atoms with Gasteiger partial charge >= 0.3 is 5.97 Å². The summed E-state index contributed by atoms with van der Waals surface area (Å²) in [4.78, 5) is 16.1. The number of carbonyl (C=O) groups is 1. The summed E-state index contributed by atoms with van der Waals surface area (Å²) in [7, 11) is 0. The molecule has 0 aliphatic carbocycles. The highest BCUT2D eigenvalue weighted by Gasteiger charge is 2.23. The maximum atomic E-state index is 10.8. The second-order valence-electron chi connectivity index (χ2n) is 5.84. The molecule has 0 atom stereocenters. The van der Waals surface area contributed by atoms with Gasteiger partial charge < -0.3 is 5.11 Å². The smallest absolute Gasteiger partial charge is 0.337 e. The molecule has 4 heteroatoms. The summed E-state index contributed by atoms with van der Waals surface area (Å²) in [5, 5.41) is 11.0. The lowest BCUT2D eigenvalue weighted by Crippen LogP contribution is -2.16. The van der Waals surface area contributed by atoms with Gasteiger partial charge in [-0.2, -0.15) is 0 Å². The van der Waals surface area contributed by atoms with Gasteiger partial charge in [-0.15, -0.1) is 0 Å². The van der Waals surface area contributed by atoms with Gasteiger partial charge in [-0.25, -0.2) is 9.78 Å². The van der Waals surface area contributed by atoms with Gasteiger partial charge in [0.2, 0.25) is 0 Å². The second kappa shape index (κ2) is 5.94. The molecule has 0 saturated heterocycles. The normalized spacial score (nSPS) is 14.5. The van der Waals surface area contributed by atoms with Gasteiger partial charge in [-0.1, -0.05) is 37.6 Å². The van der Waals surface area contributed by atoms with E-state index in [9.17, 15) is 4.79 Å². The van der Waals surface area contributed by atoms with Gasteiger partial charge in [0.15, 0.2) is 0 Å². The van der Waals surface area contributed by atoms with Crippen molar-refractivity contribution in [3.8, 4) is 11.8 Å². The van der Waals surface area contributed by atoms with Crippen molar-refractivity contribution in [2.24, 2.45) is 0 Å². The summed E-state index contributed by atoms with van der Waals surface area (Å²) in [6.45, 7) is 4.37. The van der Waals surface area contributed by atoms with Crippen molar-refractivity contribution in [3.05, 3.63) is 70.4 Å². The van der Waals surface area contributed by atoms with Crippen LogP contribution in [0.3, 0.4) is 0 Å². The number of aromatic carboxylic acids is 1. The van der Waals surface area contributed by atoms with Gasteiger partial charge in [0, 0.05) is 22.1 Å². The minimum atomic E-state index is -0.987. The predicted molar refractivity (Wildman–Crippen MR) is 91.6 cm³/mol.